The van der Waals surface area contributed by atoms with E-state index in [9.17, 15) is 15.2 Å². The molecule has 6 nitrogen and oxygen atoms in total. The summed E-state index contributed by atoms with van der Waals surface area (Å²) in [4.78, 5) is 17.9. The summed E-state index contributed by atoms with van der Waals surface area (Å²) in [5.41, 5.74) is 3.77. The number of nitro groups is 1. The number of aromatic nitrogens is 1. The molecule has 21 heavy (non-hydrogen) atoms. The normalized spacial score (nSPS) is 12.2. The Morgan fingerprint density at radius 2 is 2.24 bits per heavy atom. The third-order valence-corrected chi connectivity index (χ3v) is 4.24. The average molecular weight is 307 g/mol. The quantitative estimate of drug-likeness (QED) is 0.678. The molecule has 0 saturated carbocycles. The lowest BCUT2D eigenvalue weighted by Crippen LogP contribution is -2.17. The molecule has 1 aromatic heterocycles. The van der Waals surface area contributed by atoms with Crippen LogP contribution in [0.1, 0.15) is 29.2 Å². The SMILES string of the molecule is Cc1ncsc1CN(C)c1ccc([C@H](C)O)cc1[N+](=O)[O-]. The van der Waals surface area contributed by atoms with Crippen molar-refractivity contribution < 1.29 is 10.0 Å². The molecule has 0 aliphatic rings. The van der Waals surface area contributed by atoms with Crippen LogP contribution in [0.5, 0.6) is 0 Å². The molecule has 1 aromatic carbocycles. The summed E-state index contributed by atoms with van der Waals surface area (Å²) in [6.45, 7) is 4.07. The van der Waals surface area contributed by atoms with Gasteiger partial charge in [0, 0.05) is 18.0 Å². The number of hydrogen-bond donors (Lipinski definition) is 1. The number of benzene rings is 1. The zero-order valence-corrected chi connectivity index (χ0v) is 12.9. The molecule has 7 heteroatoms. The Bertz CT molecular complexity index is 655. The molecule has 0 spiro atoms. The first-order chi connectivity index (χ1) is 9.90. The second-order valence-corrected chi connectivity index (χ2v) is 5.84. The summed E-state index contributed by atoms with van der Waals surface area (Å²) in [6.07, 6.45) is -0.730. The first-order valence-corrected chi connectivity index (χ1v) is 7.34. The fourth-order valence-electron chi connectivity index (χ4n) is 2.05. The van der Waals surface area contributed by atoms with Crippen LogP contribution in [-0.2, 0) is 6.54 Å². The fraction of sp³-hybridized carbons (Fsp3) is 0.357. The molecular formula is C14H17N3O3S. The number of anilines is 1. The number of rotatable bonds is 5. The van der Waals surface area contributed by atoms with E-state index in [0.717, 1.165) is 10.6 Å². The average Bonchev–Trinajstić information content (AvgIpc) is 2.83. The van der Waals surface area contributed by atoms with Crippen molar-refractivity contribution in [3.8, 4) is 0 Å². The van der Waals surface area contributed by atoms with Crippen LogP contribution in [0, 0.1) is 17.0 Å². The molecule has 0 bridgehead atoms. The third-order valence-electron chi connectivity index (χ3n) is 3.32. The second-order valence-electron chi connectivity index (χ2n) is 4.90. The highest BCUT2D eigenvalue weighted by molar-refractivity contribution is 7.09. The van der Waals surface area contributed by atoms with Gasteiger partial charge >= 0.3 is 0 Å². The van der Waals surface area contributed by atoms with E-state index in [0.29, 0.717) is 17.8 Å². The molecule has 0 saturated heterocycles. The van der Waals surface area contributed by atoms with Gasteiger partial charge in [-0.1, -0.05) is 6.07 Å². The fourth-order valence-corrected chi connectivity index (χ4v) is 2.88. The highest BCUT2D eigenvalue weighted by atomic mass is 32.1. The van der Waals surface area contributed by atoms with Crippen LogP contribution >= 0.6 is 11.3 Å². The van der Waals surface area contributed by atoms with E-state index in [2.05, 4.69) is 4.98 Å². The maximum atomic E-state index is 11.3. The van der Waals surface area contributed by atoms with Crippen molar-refractivity contribution in [3.63, 3.8) is 0 Å². The van der Waals surface area contributed by atoms with E-state index < -0.39 is 11.0 Å². The van der Waals surface area contributed by atoms with Crippen molar-refractivity contribution >= 4 is 22.7 Å². The van der Waals surface area contributed by atoms with E-state index in [-0.39, 0.29) is 5.69 Å². The lowest BCUT2D eigenvalue weighted by Gasteiger charge is -2.19. The minimum Gasteiger partial charge on any atom is -0.389 e. The van der Waals surface area contributed by atoms with Gasteiger partial charge in [0.05, 0.1) is 28.8 Å². The van der Waals surface area contributed by atoms with Crippen LogP contribution in [-0.4, -0.2) is 22.1 Å². The molecule has 1 heterocycles. The summed E-state index contributed by atoms with van der Waals surface area (Å²) in [5, 5.41) is 20.8. The van der Waals surface area contributed by atoms with Crippen LogP contribution < -0.4 is 4.90 Å². The smallest absolute Gasteiger partial charge is 0.292 e. The number of nitrogens with zero attached hydrogens (tertiary/aromatic N) is 3. The molecule has 0 aliphatic heterocycles. The topological polar surface area (TPSA) is 79.5 Å². The van der Waals surface area contributed by atoms with Gasteiger partial charge in [-0.3, -0.25) is 10.1 Å². The van der Waals surface area contributed by atoms with Gasteiger partial charge in [0.15, 0.2) is 0 Å². The van der Waals surface area contributed by atoms with Gasteiger partial charge in [-0.15, -0.1) is 11.3 Å². The van der Waals surface area contributed by atoms with E-state index in [1.54, 1.807) is 24.6 Å². The third kappa shape index (κ3) is 3.37. The zero-order valence-electron chi connectivity index (χ0n) is 12.1. The Kier molecular flexibility index (Phi) is 4.54. The van der Waals surface area contributed by atoms with Gasteiger partial charge in [0.25, 0.3) is 5.69 Å². The molecule has 0 aliphatic carbocycles. The summed E-state index contributed by atoms with van der Waals surface area (Å²) in [6, 6.07) is 4.82. The highest BCUT2D eigenvalue weighted by Crippen LogP contribution is 2.32. The van der Waals surface area contributed by atoms with Crippen molar-refractivity contribution in [3.05, 3.63) is 50.0 Å². The Labute approximate surface area is 126 Å². The van der Waals surface area contributed by atoms with E-state index in [1.165, 1.54) is 17.4 Å². The minimum atomic E-state index is -0.730. The van der Waals surface area contributed by atoms with Gasteiger partial charge in [-0.25, -0.2) is 4.98 Å². The van der Waals surface area contributed by atoms with Gasteiger partial charge < -0.3 is 10.0 Å². The number of hydrogen-bond acceptors (Lipinski definition) is 6. The first-order valence-electron chi connectivity index (χ1n) is 6.46. The molecule has 2 rings (SSSR count). The van der Waals surface area contributed by atoms with E-state index >= 15 is 0 Å². The van der Waals surface area contributed by atoms with Gasteiger partial charge in [-0.2, -0.15) is 0 Å². The van der Waals surface area contributed by atoms with Crippen molar-refractivity contribution in [2.75, 3.05) is 11.9 Å². The second kappa shape index (κ2) is 6.19. The first kappa shape index (κ1) is 15.4. The molecule has 0 radical (unpaired) electrons. The summed E-state index contributed by atoms with van der Waals surface area (Å²) >= 11 is 1.53. The highest BCUT2D eigenvalue weighted by Gasteiger charge is 2.20. The number of nitro benzene ring substituents is 1. The molecule has 2 aromatic rings. The monoisotopic (exact) mass is 307 g/mol. The van der Waals surface area contributed by atoms with Gasteiger partial charge in [0.1, 0.15) is 5.69 Å². The standard InChI is InChI=1S/C14H17N3O3S/c1-9-14(21-8-15-9)7-16(3)12-5-4-11(10(2)18)6-13(12)17(19)20/h4-6,8,10,18H,7H2,1-3H3/t10-/m0/s1. The Balaban J connectivity index is 2.34. The molecule has 0 unspecified atom stereocenters. The summed E-state index contributed by atoms with van der Waals surface area (Å²) < 4.78 is 0. The van der Waals surface area contributed by atoms with E-state index in [4.69, 9.17) is 0 Å². The van der Waals surface area contributed by atoms with Gasteiger partial charge in [-0.05, 0) is 25.5 Å². The van der Waals surface area contributed by atoms with E-state index in [1.807, 2.05) is 18.9 Å². The predicted molar refractivity (Wildman–Crippen MR) is 82.7 cm³/mol. The van der Waals surface area contributed by atoms with Crippen molar-refractivity contribution in [1.29, 1.82) is 0 Å². The Morgan fingerprint density at radius 3 is 2.76 bits per heavy atom. The zero-order chi connectivity index (χ0) is 15.6. The molecule has 0 amide bonds. The van der Waals surface area contributed by atoms with Crippen LogP contribution in [0.4, 0.5) is 11.4 Å². The summed E-state index contributed by atoms with van der Waals surface area (Å²) in [7, 11) is 1.81. The lowest BCUT2D eigenvalue weighted by molar-refractivity contribution is -0.384. The Hall–Kier alpha value is -1.99. The number of aryl methyl sites for hydroxylation is 1. The lowest BCUT2D eigenvalue weighted by atomic mass is 10.1. The van der Waals surface area contributed by atoms with Crippen molar-refractivity contribution in [2.24, 2.45) is 0 Å². The summed E-state index contributed by atoms with van der Waals surface area (Å²) in [5.74, 6) is 0. The number of thiazole rings is 1. The minimum absolute atomic E-state index is 0.00179. The van der Waals surface area contributed by atoms with Crippen LogP contribution in [0.25, 0.3) is 0 Å². The predicted octanol–water partition coefficient (Wildman–Crippen LogP) is 3.05. The molecule has 1 atom stereocenters. The largest absolute Gasteiger partial charge is 0.389 e. The number of aliphatic hydroxyl groups is 1. The molecule has 0 fully saturated rings. The number of aliphatic hydroxyl groups excluding tert-OH is 1. The van der Waals surface area contributed by atoms with Crippen LogP contribution in [0.15, 0.2) is 23.7 Å². The van der Waals surface area contributed by atoms with Crippen LogP contribution in [0.2, 0.25) is 0 Å². The Morgan fingerprint density at radius 1 is 1.52 bits per heavy atom. The van der Waals surface area contributed by atoms with Crippen LogP contribution in [0.3, 0.4) is 0 Å². The van der Waals surface area contributed by atoms with Crippen molar-refractivity contribution in [1.82, 2.24) is 4.98 Å². The van der Waals surface area contributed by atoms with Gasteiger partial charge in [0.2, 0.25) is 0 Å². The molecule has 112 valence electrons. The van der Waals surface area contributed by atoms with Crippen molar-refractivity contribution in [2.45, 2.75) is 26.5 Å². The maximum absolute atomic E-state index is 11.3. The maximum Gasteiger partial charge on any atom is 0.292 e. The molecular weight excluding hydrogens is 290 g/mol. The molecule has 1 N–H and O–H groups in total.